The summed E-state index contributed by atoms with van der Waals surface area (Å²) in [5.41, 5.74) is 2.00. The van der Waals surface area contributed by atoms with E-state index in [0.29, 0.717) is 11.3 Å². The van der Waals surface area contributed by atoms with Crippen molar-refractivity contribution in [3.8, 4) is 0 Å². The lowest BCUT2D eigenvalue weighted by molar-refractivity contribution is -0.384. The van der Waals surface area contributed by atoms with Crippen LogP contribution in [0.4, 0.5) is 11.4 Å². The topological polar surface area (TPSA) is 110 Å². The van der Waals surface area contributed by atoms with Crippen molar-refractivity contribution in [1.29, 1.82) is 0 Å². The lowest BCUT2D eigenvalue weighted by Crippen LogP contribution is -2.25. The predicted molar refractivity (Wildman–Crippen MR) is 124 cm³/mol. The maximum atomic E-state index is 12.7. The Bertz CT molecular complexity index is 1120. The molecule has 0 aliphatic heterocycles. The third-order valence-electron chi connectivity index (χ3n) is 5.84. The number of nitro benzene ring substituents is 1. The average Bonchev–Trinajstić information content (AvgIpc) is 2.82. The number of likely N-dealkylation sites (N-methyl/N-ethyl adjacent to an activating group) is 1. The van der Waals surface area contributed by atoms with Crippen LogP contribution in [-0.4, -0.2) is 33.3 Å². The number of nitrogens with zero attached hydrogens (tertiary/aromatic N) is 2. The van der Waals surface area contributed by atoms with E-state index < -0.39 is 14.9 Å². The Labute approximate surface area is 188 Å². The first kappa shape index (κ1) is 23.6. The van der Waals surface area contributed by atoms with Gasteiger partial charge in [0.15, 0.2) is 0 Å². The number of sulfonamides is 1. The van der Waals surface area contributed by atoms with Gasteiger partial charge in [-0.15, -0.1) is 0 Å². The van der Waals surface area contributed by atoms with Gasteiger partial charge in [0.25, 0.3) is 11.6 Å². The van der Waals surface area contributed by atoms with Crippen molar-refractivity contribution >= 4 is 33.4 Å². The second kappa shape index (κ2) is 10.1. The molecule has 9 heteroatoms. The second-order valence-corrected chi connectivity index (χ2v) is 9.70. The summed E-state index contributed by atoms with van der Waals surface area (Å²) >= 11 is 0. The van der Waals surface area contributed by atoms with Crippen molar-refractivity contribution in [3.63, 3.8) is 0 Å². The molecule has 32 heavy (non-hydrogen) atoms. The minimum absolute atomic E-state index is 0.0163. The molecule has 0 unspecified atom stereocenters. The van der Waals surface area contributed by atoms with E-state index in [1.807, 2.05) is 0 Å². The van der Waals surface area contributed by atoms with E-state index in [1.54, 1.807) is 43.5 Å². The summed E-state index contributed by atoms with van der Waals surface area (Å²) in [6, 6.07) is 10.9. The van der Waals surface area contributed by atoms with E-state index in [-0.39, 0.29) is 22.4 Å². The number of hydrogen-bond acceptors (Lipinski definition) is 5. The molecule has 0 spiro atoms. The van der Waals surface area contributed by atoms with Crippen LogP contribution >= 0.6 is 0 Å². The molecule has 170 valence electrons. The van der Waals surface area contributed by atoms with E-state index >= 15 is 0 Å². The number of anilines is 1. The van der Waals surface area contributed by atoms with Crippen LogP contribution in [-0.2, 0) is 14.8 Å². The highest BCUT2D eigenvalue weighted by atomic mass is 32.2. The molecule has 0 atom stereocenters. The van der Waals surface area contributed by atoms with E-state index in [2.05, 4.69) is 4.72 Å². The van der Waals surface area contributed by atoms with Gasteiger partial charge in [-0.3, -0.25) is 14.9 Å². The lowest BCUT2D eigenvalue weighted by Gasteiger charge is -2.26. The van der Waals surface area contributed by atoms with Crippen molar-refractivity contribution in [2.24, 2.45) is 0 Å². The molecule has 2 aromatic rings. The van der Waals surface area contributed by atoms with Crippen LogP contribution in [0.3, 0.4) is 0 Å². The SMILES string of the molecule is CNS(=O)(=O)c1ccc(N(C)C(=O)/C=C/c2ccc([N+](=O)[O-])cc2)cc1C1CCCCC1. The molecule has 0 aromatic heterocycles. The minimum Gasteiger partial charge on any atom is -0.312 e. The number of non-ortho nitro benzene ring substituents is 1. The predicted octanol–water partition coefficient (Wildman–Crippen LogP) is 4.23. The van der Waals surface area contributed by atoms with Crippen molar-refractivity contribution in [2.75, 3.05) is 19.0 Å². The van der Waals surface area contributed by atoms with E-state index in [4.69, 9.17) is 0 Å². The Hall–Kier alpha value is -3.04. The molecule has 1 saturated carbocycles. The summed E-state index contributed by atoms with van der Waals surface area (Å²) in [7, 11) is -0.583. The van der Waals surface area contributed by atoms with Gasteiger partial charge >= 0.3 is 0 Å². The van der Waals surface area contributed by atoms with Crippen LogP contribution < -0.4 is 9.62 Å². The molecular weight excluding hydrogens is 430 g/mol. The molecule has 1 fully saturated rings. The zero-order valence-electron chi connectivity index (χ0n) is 18.2. The van der Waals surface area contributed by atoms with Crippen LogP contribution in [0, 0.1) is 10.1 Å². The Balaban J connectivity index is 1.85. The molecule has 0 radical (unpaired) electrons. The molecule has 0 bridgehead atoms. The summed E-state index contributed by atoms with van der Waals surface area (Å²) < 4.78 is 27.5. The molecular formula is C23H27N3O5S. The lowest BCUT2D eigenvalue weighted by atomic mass is 9.84. The fourth-order valence-corrected chi connectivity index (χ4v) is 4.95. The van der Waals surface area contributed by atoms with Gasteiger partial charge in [-0.2, -0.15) is 0 Å². The molecule has 1 amide bonds. The van der Waals surface area contributed by atoms with Crippen LogP contribution in [0.2, 0.25) is 0 Å². The summed E-state index contributed by atoms with van der Waals surface area (Å²) in [6.07, 6.45) is 8.09. The third-order valence-corrected chi connectivity index (χ3v) is 7.33. The van der Waals surface area contributed by atoms with Crippen LogP contribution in [0.15, 0.2) is 53.4 Å². The number of nitro groups is 1. The van der Waals surface area contributed by atoms with Gasteiger partial charge in [0.2, 0.25) is 10.0 Å². The number of hydrogen-bond donors (Lipinski definition) is 1. The summed E-state index contributed by atoms with van der Waals surface area (Å²) in [5.74, 6) is -0.150. The number of amides is 1. The highest BCUT2D eigenvalue weighted by Crippen LogP contribution is 2.37. The van der Waals surface area contributed by atoms with E-state index in [1.165, 1.54) is 30.2 Å². The molecule has 2 aromatic carbocycles. The molecule has 3 rings (SSSR count). The zero-order valence-corrected chi connectivity index (χ0v) is 19.0. The largest absolute Gasteiger partial charge is 0.312 e. The van der Waals surface area contributed by atoms with Gasteiger partial charge in [-0.05, 0) is 73.3 Å². The fourth-order valence-electron chi connectivity index (χ4n) is 3.95. The number of nitrogens with one attached hydrogen (secondary N) is 1. The molecule has 1 N–H and O–H groups in total. The maximum absolute atomic E-state index is 12.7. The summed E-state index contributed by atoms with van der Waals surface area (Å²) in [6.45, 7) is 0. The molecule has 0 heterocycles. The zero-order chi connectivity index (χ0) is 23.3. The third kappa shape index (κ3) is 5.41. The molecule has 1 aliphatic carbocycles. The summed E-state index contributed by atoms with van der Waals surface area (Å²) in [4.78, 5) is 24.7. The van der Waals surface area contributed by atoms with Gasteiger partial charge in [-0.25, -0.2) is 13.1 Å². The number of carbonyl (C=O) groups excluding carboxylic acids is 1. The Kier molecular flexibility index (Phi) is 7.42. The monoisotopic (exact) mass is 457 g/mol. The van der Waals surface area contributed by atoms with Crippen LogP contribution in [0.1, 0.15) is 49.1 Å². The summed E-state index contributed by atoms with van der Waals surface area (Å²) in [5, 5.41) is 10.8. The van der Waals surface area contributed by atoms with Gasteiger partial charge in [-0.1, -0.05) is 19.3 Å². The fraction of sp³-hybridized carbons (Fsp3) is 0.348. The standard InChI is InChI=1S/C23H27N3O5S/c1-24-32(30,31)22-14-13-20(16-21(22)18-6-4-3-5-7-18)25(2)23(27)15-10-17-8-11-19(12-9-17)26(28)29/h8-16,18,24H,3-7H2,1-2H3/b15-10+. The van der Waals surface area contributed by atoms with Gasteiger partial charge in [0.05, 0.1) is 9.82 Å². The Morgan fingerprint density at radius 3 is 2.38 bits per heavy atom. The van der Waals surface area contributed by atoms with E-state index in [9.17, 15) is 23.3 Å². The van der Waals surface area contributed by atoms with Crippen LogP contribution in [0.25, 0.3) is 6.08 Å². The average molecular weight is 458 g/mol. The number of rotatable bonds is 7. The second-order valence-electron chi connectivity index (χ2n) is 7.84. The smallest absolute Gasteiger partial charge is 0.269 e. The van der Waals surface area contributed by atoms with Crippen molar-refractivity contribution in [2.45, 2.75) is 42.9 Å². The van der Waals surface area contributed by atoms with Gasteiger partial charge in [0.1, 0.15) is 0 Å². The quantitative estimate of drug-likeness (QED) is 0.380. The molecule has 8 nitrogen and oxygen atoms in total. The number of carbonyl (C=O) groups is 1. The number of benzene rings is 2. The molecule has 0 saturated heterocycles. The Morgan fingerprint density at radius 2 is 1.78 bits per heavy atom. The minimum atomic E-state index is -3.61. The van der Waals surface area contributed by atoms with Crippen molar-refractivity contribution < 1.29 is 18.1 Å². The van der Waals surface area contributed by atoms with Gasteiger partial charge in [0, 0.05) is 30.9 Å². The van der Waals surface area contributed by atoms with E-state index in [0.717, 1.165) is 37.7 Å². The Morgan fingerprint density at radius 1 is 1.12 bits per heavy atom. The normalized spacial score (nSPS) is 15.1. The molecule has 1 aliphatic rings. The van der Waals surface area contributed by atoms with Crippen molar-refractivity contribution in [1.82, 2.24) is 4.72 Å². The van der Waals surface area contributed by atoms with Gasteiger partial charge < -0.3 is 4.90 Å². The van der Waals surface area contributed by atoms with Crippen molar-refractivity contribution in [3.05, 3.63) is 69.8 Å². The van der Waals surface area contributed by atoms with Crippen LogP contribution in [0.5, 0.6) is 0 Å². The first-order chi connectivity index (χ1) is 15.2. The first-order valence-electron chi connectivity index (χ1n) is 10.5. The highest BCUT2D eigenvalue weighted by molar-refractivity contribution is 7.89. The maximum Gasteiger partial charge on any atom is 0.269 e. The highest BCUT2D eigenvalue weighted by Gasteiger charge is 2.25. The first-order valence-corrected chi connectivity index (χ1v) is 12.0.